The Balaban J connectivity index is 1.13. The normalized spacial score (nSPS) is 24.0. The van der Waals surface area contributed by atoms with E-state index in [0.29, 0.717) is 13.0 Å². The molecule has 1 unspecified atom stereocenters. The van der Waals surface area contributed by atoms with Crippen LogP contribution in [0, 0.1) is 0 Å². The maximum Gasteiger partial charge on any atom is 0.308 e. The number of hydrogen-bond acceptors (Lipinski definition) is 5. The summed E-state index contributed by atoms with van der Waals surface area (Å²) in [6.07, 6.45) is 32.6. The molecule has 216 valence electrons. The molecule has 5 heteroatoms. The zero-order chi connectivity index (χ0) is 26.9. The maximum absolute atomic E-state index is 12.4. The van der Waals surface area contributed by atoms with E-state index < -0.39 is 11.4 Å². The maximum atomic E-state index is 12.4. The molecule has 2 aliphatic heterocycles. The molecule has 2 fully saturated rings. The predicted octanol–water partition coefficient (Wildman–Crippen LogP) is 8.69. The van der Waals surface area contributed by atoms with Crippen molar-refractivity contribution < 1.29 is 23.8 Å². The topological polar surface area (TPSA) is 61.8 Å². The van der Waals surface area contributed by atoms with Gasteiger partial charge in [-0.3, -0.25) is 9.59 Å². The first-order chi connectivity index (χ1) is 18.5. The van der Waals surface area contributed by atoms with E-state index in [4.69, 9.17) is 14.2 Å². The van der Waals surface area contributed by atoms with Gasteiger partial charge in [-0.1, -0.05) is 103 Å². The summed E-state index contributed by atoms with van der Waals surface area (Å²) in [5.41, 5.74) is -0.538. The van der Waals surface area contributed by atoms with Crippen molar-refractivity contribution in [1.82, 2.24) is 0 Å². The lowest BCUT2D eigenvalue weighted by Gasteiger charge is -2.39. The molecular formula is C33H54O5. The Bertz CT molecular complexity index is 740. The van der Waals surface area contributed by atoms with Crippen LogP contribution in [0.5, 0.6) is 0 Å². The quantitative estimate of drug-likeness (QED) is 0.123. The molecule has 3 rings (SSSR count). The number of hydrogen-bond donors (Lipinski definition) is 0. The van der Waals surface area contributed by atoms with Crippen LogP contribution in [0.25, 0.3) is 0 Å². The molecule has 0 aromatic rings. The monoisotopic (exact) mass is 530 g/mol. The van der Waals surface area contributed by atoms with Crippen LogP contribution in [-0.2, 0) is 23.8 Å². The Kier molecular flexibility index (Phi) is 14.1. The number of esters is 1. The van der Waals surface area contributed by atoms with Gasteiger partial charge in [-0.05, 0) is 50.0 Å². The molecule has 0 aromatic heterocycles. The van der Waals surface area contributed by atoms with Gasteiger partial charge < -0.3 is 14.2 Å². The predicted molar refractivity (Wildman–Crippen MR) is 153 cm³/mol. The van der Waals surface area contributed by atoms with Gasteiger partial charge >= 0.3 is 5.97 Å². The van der Waals surface area contributed by atoms with E-state index in [0.717, 1.165) is 44.9 Å². The molecule has 2 heterocycles. The molecule has 2 spiro atoms. The molecule has 1 aliphatic carbocycles. The molecule has 0 amide bonds. The largest absolute Gasteiger partial charge is 0.466 e. The molecule has 2 saturated heterocycles. The van der Waals surface area contributed by atoms with E-state index in [1.807, 2.05) is 12.2 Å². The average Bonchev–Trinajstić information content (AvgIpc) is 3.24. The Labute approximate surface area is 232 Å². The third-order valence-electron chi connectivity index (χ3n) is 8.45. The van der Waals surface area contributed by atoms with Crippen molar-refractivity contribution >= 4 is 11.8 Å². The fourth-order valence-corrected chi connectivity index (χ4v) is 6.13. The van der Waals surface area contributed by atoms with Crippen LogP contribution in [0.1, 0.15) is 148 Å². The summed E-state index contributed by atoms with van der Waals surface area (Å²) in [6, 6.07) is 0. The van der Waals surface area contributed by atoms with E-state index in [1.165, 1.54) is 89.9 Å². The second-order valence-corrected chi connectivity index (χ2v) is 11.9. The number of unbranched alkanes of at least 4 members (excludes halogenated alkanes) is 15. The molecule has 5 nitrogen and oxygen atoms in total. The van der Waals surface area contributed by atoms with Gasteiger partial charge in [0.15, 0.2) is 11.6 Å². The summed E-state index contributed by atoms with van der Waals surface area (Å²) in [4.78, 5) is 23.9. The van der Waals surface area contributed by atoms with Crippen LogP contribution in [-0.4, -0.2) is 35.9 Å². The molecule has 0 radical (unpaired) electrons. The SMILES string of the molecule is CCCCCCCCCCCCCCCCCCOC(=O)CC1CCC[C@@]2(CCC3(C=CC(=O)C=C3)O2)O1. The molecule has 0 N–H and O–H groups in total. The van der Waals surface area contributed by atoms with E-state index in [9.17, 15) is 9.59 Å². The van der Waals surface area contributed by atoms with Crippen LogP contribution in [0.2, 0.25) is 0 Å². The second-order valence-electron chi connectivity index (χ2n) is 11.9. The van der Waals surface area contributed by atoms with E-state index in [1.54, 1.807) is 12.2 Å². The van der Waals surface area contributed by atoms with E-state index in [-0.39, 0.29) is 17.9 Å². The third-order valence-corrected chi connectivity index (χ3v) is 8.45. The minimum atomic E-state index is -0.647. The third kappa shape index (κ3) is 11.3. The Morgan fingerprint density at radius 1 is 0.816 bits per heavy atom. The first-order valence-electron chi connectivity index (χ1n) is 16.0. The molecule has 0 bridgehead atoms. The summed E-state index contributed by atoms with van der Waals surface area (Å²) >= 11 is 0. The van der Waals surface area contributed by atoms with E-state index in [2.05, 4.69) is 6.92 Å². The Hall–Kier alpha value is -1.46. The number of carbonyl (C=O) groups excluding carboxylic acids is 2. The van der Waals surface area contributed by atoms with Crippen molar-refractivity contribution in [1.29, 1.82) is 0 Å². The number of carbonyl (C=O) groups is 2. The number of allylic oxidation sites excluding steroid dienone is 2. The van der Waals surface area contributed by atoms with Gasteiger partial charge in [-0.15, -0.1) is 0 Å². The number of rotatable bonds is 19. The Morgan fingerprint density at radius 2 is 1.37 bits per heavy atom. The fourth-order valence-electron chi connectivity index (χ4n) is 6.13. The van der Waals surface area contributed by atoms with Gasteiger partial charge in [0.2, 0.25) is 0 Å². The molecule has 38 heavy (non-hydrogen) atoms. The highest BCUT2D eigenvalue weighted by Gasteiger charge is 2.50. The molecule has 3 aliphatic rings. The standard InChI is InChI=1S/C33H54O5/c1-2-3-4-5-6-7-8-9-10-11-12-13-14-15-16-17-27-36-31(35)28-30-19-18-22-33(37-30)26-25-32(38-33)23-20-29(34)21-24-32/h20-21,23-24,30H,2-19,22,25-28H2,1H3/t30?,33-/m1/s1. The Morgan fingerprint density at radius 3 is 1.95 bits per heavy atom. The highest BCUT2D eigenvalue weighted by molar-refractivity contribution is 6.00. The van der Waals surface area contributed by atoms with Crippen molar-refractivity contribution in [3.05, 3.63) is 24.3 Å². The summed E-state index contributed by atoms with van der Waals surface area (Å²) < 4.78 is 18.2. The minimum absolute atomic E-state index is 0.00490. The van der Waals surface area contributed by atoms with Gasteiger partial charge in [0.1, 0.15) is 5.60 Å². The highest BCUT2D eigenvalue weighted by atomic mass is 16.7. The second kappa shape index (κ2) is 17.3. The number of ether oxygens (including phenoxy) is 3. The summed E-state index contributed by atoms with van der Waals surface area (Å²) in [5, 5.41) is 0. The first kappa shape index (κ1) is 31.1. The van der Waals surface area contributed by atoms with Crippen LogP contribution in [0.4, 0.5) is 0 Å². The van der Waals surface area contributed by atoms with Gasteiger partial charge in [-0.2, -0.15) is 0 Å². The van der Waals surface area contributed by atoms with Gasteiger partial charge in [-0.25, -0.2) is 0 Å². The van der Waals surface area contributed by atoms with Crippen molar-refractivity contribution in [2.24, 2.45) is 0 Å². The highest BCUT2D eigenvalue weighted by Crippen LogP contribution is 2.47. The van der Waals surface area contributed by atoms with Crippen LogP contribution in [0.3, 0.4) is 0 Å². The summed E-state index contributed by atoms with van der Waals surface area (Å²) in [5.74, 6) is -0.815. The zero-order valence-corrected chi connectivity index (χ0v) is 24.2. The lowest BCUT2D eigenvalue weighted by atomic mass is 9.92. The van der Waals surface area contributed by atoms with E-state index >= 15 is 0 Å². The van der Waals surface area contributed by atoms with Crippen molar-refractivity contribution in [2.75, 3.05) is 6.61 Å². The zero-order valence-electron chi connectivity index (χ0n) is 24.2. The number of ketones is 1. The smallest absolute Gasteiger partial charge is 0.308 e. The van der Waals surface area contributed by atoms with Crippen molar-refractivity contribution in [3.8, 4) is 0 Å². The van der Waals surface area contributed by atoms with Crippen LogP contribution >= 0.6 is 0 Å². The summed E-state index contributed by atoms with van der Waals surface area (Å²) in [7, 11) is 0. The minimum Gasteiger partial charge on any atom is -0.466 e. The molecular weight excluding hydrogens is 476 g/mol. The molecule has 0 saturated carbocycles. The van der Waals surface area contributed by atoms with Gasteiger partial charge in [0, 0.05) is 12.8 Å². The fraction of sp³-hybridized carbons (Fsp3) is 0.818. The van der Waals surface area contributed by atoms with Crippen molar-refractivity contribution in [2.45, 2.75) is 166 Å². The first-order valence-corrected chi connectivity index (χ1v) is 16.0. The van der Waals surface area contributed by atoms with Gasteiger partial charge in [0.25, 0.3) is 0 Å². The molecule has 2 atom stereocenters. The van der Waals surface area contributed by atoms with Crippen LogP contribution in [0.15, 0.2) is 24.3 Å². The molecule has 0 aromatic carbocycles. The van der Waals surface area contributed by atoms with Gasteiger partial charge in [0.05, 0.1) is 19.1 Å². The lowest BCUT2D eigenvalue weighted by Crippen LogP contribution is -2.43. The lowest BCUT2D eigenvalue weighted by molar-refractivity contribution is -0.276. The average molecular weight is 531 g/mol. The van der Waals surface area contributed by atoms with Crippen LogP contribution < -0.4 is 0 Å². The summed E-state index contributed by atoms with van der Waals surface area (Å²) in [6.45, 7) is 2.79. The van der Waals surface area contributed by atoms with Crippen molar-refractivity contribution in [3.63, 3.8) is 0 Å².